The Balaban J connectivity index is 1.66. The summed E-state index contributed by atoms with van der Waals surface area (Å²) >= 11 is 0. The Morgan fingerprint density at radius 3 is 2.53 bits per heavy atom. The topological polar surface area (TPSA) is 117 Å². The molecule has 0 atom stereocenters. The van der Waals surface area contributed by atoms with E-state index in [4.69, 9.17) is 9.15 Å². The third kappa shape index (κ3) is 3.52. The molecule has 0 amide bonds. The smallest absolute Gasteiger partial charge is 0.270 e. The van der Waals surface area contributed by atoms with Crippen molar-refractivity contribution in [2.75, 3.05) is 7.11 Å². The van der Waals surface area contributed by atoms with E-state index in [9.17, 15) is 10.1 Å². The number of aromatic nitrogens is 4. The summed E-state index contributed by atoms with van der Waals surface area (Å²) in [5.41, 5.74) is 2.76. The predicted molar refractivity (Wildman–Crippen MR) is 117 cm³/mol. The van der Waals surface area contributed by atoms with Crippen LogP contribution in [-0.4, -0.2) is 32.2 Å². The number of rotatable bonds is 5. The zero-order chi connectivity index (χ0) is 22.1. The van der Waals surface area contributed by atoms with Crippen molar-refractivity contribution in [3.8, 4) is 39.9 Å². The lowest BCUT2D eigenvalue weighted by atomic mass is 10.0. The Hall–Kier alpha value is -4.66. The van der Waals surface area contributed by atoms with E-state index >= 15 is 0 Å². The molecule has 5 aromatic rings. The molecule has 0 aliphatic rings. The standard InChI is InChI=1S/C23H15N5O4/c1-31-18-9-7-14(8-10-18)22-26-27-23(32-22)19-13-16-5-3-11-24-21(16)25-20(19)15-4-2-6-17(12-15)28(29)30/h2-13H,1H3. The minimum absolute atomic E-state index is 0.0409. The average molecular weight is 425 g/mol. The summed E-state index contributed by atoms with van der Waals surface area (Å²) in [6.45, 7) is 0. The highest BCUT2D eigenvalue weighted by molar-refractivity contribution is 5.88. The first-order valence-electron chi connectivity index (χ1n) is 9.61. The molecule has 3 aromatic heterocycles. The van der Waals surface area contributed by atoms with Gasteiger partial charge in [0, 0.05) is 34.8 Å². The summed E-state index contributed by atoms with van der Waals surface area (Å²) < 4.78 is 11.1. The number of non-ortho nitro benzene ring substituents is 1. The normalized spacial score (nSPS) is 10.9. The van der Waals surface area contributed by atoms with Gasteiger partial charge >= 0.3 is 0 Å². The van der Waals surface area contributed by atoms with Crippen LogP contribution in [0, 0.1) is 10.1 Å². The summed E-state index contributed by atoms with van der Waals surface area (Å²) in [5, 5.41) is 20.4. The highest BCUT2D eigenvalue weighted by atomic mass is 16.6. The third-order valence-electron chi connectivity index (χ3n) is 4.91. The molecule has 0 aliphatic heterocycles. The number of hydrogen-bond acceptors (Lipinski definition) is 8. The summed E-state index contributed by atoms with van der Waals surface area (Å²) in [6, 6.07) is 19.0. The number of fused-ring (bicyclic) bond motifs is 1. The van der Waals surface area contributed by atoms with Crippen LogP contribution in [0.4, 0.5) is 5.69 Å². The Bertz CT molecular complexity index is 1450. The molecular formula is C23H15N5O4. The molecule has 0 spiro atoms. The van der Waals surface area contributed by atoms with E-state index < -0.39 is 4.92 Å². The van der Waals surface area contributed by atoms with Gasteiger partial charge in [-0.25, -0.2) is 9.97 Å². The molecule has 0 saturated carbocycles. The molecule has 156 valence electrons. The largest absolute Gasteiger partial charge is 0.497 e. The molecule has 9 nitrogen and oxygen atoms in total. The quantitative estimate of drug-likeness (QED) is 0.287. The fraction of sp³-hybridized carbons (Fsp3) is 0.0435. The molecule has 0 radical (unpaired) electrons. The van der Waals surface area contributed by atoms with Crippen molar-refractivity contribution in [3.63, 3.8) is 0 Å². The third-order valence-corrected chi connectivity index (χ3v) is 4.91. The van der Waals surface area contributed by atoms with Crippen LogP contribution in [0.15, 0.2) is 77.3 Å². The maximum atomic E-state index is 11.3. The number of ether oxygens (including phenoxy) is 1. The number of nitro benzene ring substituents is 1. The van der Waals surface area contributed by atoms with Crippen molar-refractivity contribution < 1.29 is 14.1 Å². The van der Waals surface area contributed by atoms with Gasteiger partial charge in [-0.05, 0) is 42.5 Å². The van der Waals surface area contributed by atoms with Crippen molar-refractivity contribution in [2.24, 2.45) is 0 Å². The van der Waals surface area contributed by atoms with Gasteiger partial charge in [-0.1, -0.05) is 12.1 Å². The van der Waals surface area contributed by atoms with E-state index in [0.29, 0.717) is 34.1 Å². The molecule has 0 aliphatic carbocycles. The number of benzene rings is 2. The minimum atomic E-state index is -0.447. The average Bonchev–Trinajstić information content (AvgIpc) is 3.33. The second kappa shape index (κ2) is 7.88. The van der Waals surface area contributed by atoms with Crippen LogP contribution >= 0.6 is 0 Å². The van der Waals surface area contributed by atoms with Gasteiger partial charge in [0.25, 0.3) is 5.69 Å². The minimum Gasteiger partial charge on any atom is -0.497 e. The van der Waals surface area contributed by atoms with Crippen molar-refractivity contribution in [1.82, 2.24) is 20.2 Å². The first kappa shape index (κ1) is 19.3. The SMILES string of the molecule is COc1ccc(-c2nnc(-c3cc4cccnc4nc3-c3cccc([N+](=O)[O-])c3)o2)cc1. The highest BCUT2D eigenvalue weighted by Gasteiger charge is 2.19. The van der Waals surface area contributed by atoms with E-state index in [2.05, 4.69) is 20.2 Å². The maximum absolute atomic E-state index is 11.3. The van der Waals surface area contributed by atoms with Crippen LogP contribution in [0.5, 0.6) is 5.75 Å². The second-order valence-corrected chi connectivity index (χ2v) is 6.88. The predicted octanol–water partition coefficient (Wildman–Crippen LogP) is 4.93. The Kier molecular flexibility index (Phi) is 4.75. The van der Waals surface area contributed by atoms with Gasteiger partial charge in [0.2, 0.25) is 11.8 Å². The highest BCUT2D eigenvalue weighted by Crippen LogP contribution is 2.35. The van der Waals surface area contributed by atoms with Gasteiger partial charge in [0.05, 0.1) is 23.3 Å². The molecule has 0 unspecified atom stereocenters. The summed E-state index contributed by atoms with van der Waals surface area (Å²) in [6.07, 6.45) is 1.64. The van der Waals surface area contributed by atoms with E-state index in [0.717, 1.165) is 10.9 Å². The van der Waals surface area contributed by atoms with Crippen molar-refractivity contribution >= 4 is 16.7 Å². The number of methoxy groups -OCH3 is 1. The van der Waals surface area contributed by atoms with E-state index in [1.54, 1.807) is 43.6 Å². The van der Waals surface area contributed by atoms with Crippen LogP contribution in [-0.2, 0) is 0 Å². The Labute approximate surface area is 181 Å². The van der Waals surface area contributed by atoms with Gasteiger partial charge in [0.15, 0.2) is 5.65 Å². The van der Waals surface area contributed by atoms with E-state index in [1.165, 1.54) is 12.1 Å². The summed E-state index contributed by atoms with van der Waals surface area (Å²) in [5.74, 6) is 1.29. The van der Waals surface area contributed by atoms with Crippen LogP contribution < -0.4 is 4.74 Å². The number of pyridine rings is 2. The lowest BCUT2D eigenvalue weighted by molar-refractivity contribution is -0.384. The lowest BCUT2D eigenvalue weighted by Gasteiger charge is -2.08. The Morgan fingerprint density at radius 1 is 0.938 bits per heavy atom. The van der Waals surface area contributed by atoms with E-state index in [-0.39, 0.29) is 11.6 Å². The molecule has 3 heterocycles. The fourth-order valence-electron chi connectivity index (χ4n) is 3.34. The van der Waals surface area contributed by atoms with Gasteiger partial charge in [-0.2, -0.15) is 0 Å². The van der Waals surface area contributed by atoms with Gasteiger partial charge in [0.1, 0.15) is 5.75 Å². The van der Waals surface area contributed by atoms with Crippen molar-refractivity contribution in [1.29, 1.82) is 0 Å². The molecule has 0 fully saturated rings. The summed E-state index contributed by atoms with van der Waals surface area (Å²) in [4.78, 5) is 19.8. The number of nitro groups is 1. The van der Waals surface area contributed by atoms with Gasteiger partial charge in [-0.15, -0.1) is 10.2 Å². The second-order valence-electron chi connectivity index (χ2n) is 6.88. The monoisotopic (exact) mass is 425 g/mol. The molecule has 0 bridgehead atoms. The Morgan fingerprint density at radius 2 is 1.75 bits per heavy atom. The fourth-order valence-corrected chi connectivity index (χ4v) is 3.34. The molecule has 32 heavy (non-hydrogen) atoms. The van der Waals surface area contributed by atoms with Crippen LogP contribution in [0.2, 0.25) is 0 Å². The maximum Gasteiger partial charge on any atom is 0.270 e. The van der Waals surface area contributed by atoms with Crippen LogP contribution in [0.1, 0.15) is 0 Å². The molecule has 0 saturated heterocycles. The van der Waals surface area contributed by atoms with Gasteiger partial charge in [-0.3, -0.25) is 10.1 Å². The van der Waals surface area contributed by atoms with Crippen molar-refractivity contribution in [3.05, 3.63) is 83.0 Å². The molecule has 9 heteroatoms. The zero-order valence-corrected chi connectivity index (χ0v) is 16.8. The first-order chi connectivity index (χ1) is 15.6. The van der Waals surface area contributed by atoms with E-state index in [1.807, 2.05) is 24.3 Å². The number of hydrogen-bond donors (Lipinski definition) is 0. The summed E-state index contributed by atoms with van der Waals surface area (Å²) in [7, 11) is 1.59. The van der Waals surface area contributed by atoms with Crippen LogP contribution in [0.25, 0.3) is 45.2 Å². The molecule has 5 rings (SSSR count). The number of nitrogens with zero attached hydrogens (tertiary/aromatic N) is 5. The van der Waals surface area contributed by atoms with Gasteiger partial charge < -0.3 is 9.15 Å². The molecule has 2 aromatic carbocycles. The lowest BCUT2D eigenvalue weighted by Crippen LogP contribution is -1.94. The first-order valence-corrected chi connectivity index (χ1v) is 9.61. The zero-order valence-electron chi connectivity index (χ0n) is 16.8. The molecular weight excluding hydrogens is 410 g/mol. The molecule has 0 N–H and O–H groups in total. The van der Waals surface area contributed by atoms with Crippen molar-refractivity contribution in [2.45, 2.75) is 0 Å². The van der Waals surface area contributed by atoms with Crippen LogP contribution in [0.3, 0.4) is 0 Å².